The van der Waals surface area contributed by atoms with Crippen LogP contribution in [0, 0.1) is 11.8 Å². The summed E-state index contributed by atoms with van der Waals surface area (Å²) in [6.07, 6.45) is 0.942. The quantitative estimate of drug-likeness (QED) is 0.211. The van der Waals surface area contributed by atoms with Gasteiger partial charge in [0.05, 0.1) is 13.7 Å². The highest BCUT2D eigenvalue weighted by Crippen LogP contribution is 2.32. The molecule has 2 rings (SSSR count). The van der Waals surface area contributed by atoms with Crippen LogP contribution in [0.25, 0.3) is 0 Å². The molecule has 2 aromatic rings. The number of benzene rings is 2. The van der Waals surface area contributed by atoms with Crippen molar-refractivity contribution in [3.63, 3.8) is 0 Å². The van der Waals surface area contributed by atoms with Gasteiger partial charge in [-0.05, 0) is 73.1 Å². The standard InChI is InChI=1S/C25H36O3S/c1-18(2)17-25(19(3)4)21-7-9-23(10-8-21)28-20(5)27-15-16-29-24-13-11-22(26-6)12-14-24/h7-14,18-20,25H,15-17H2,1-6H3. The molecule has 0 aromatic heterocycles. The predicted molar refractivity (Wildman–Crippen MR) is 123 cm³/mol. The molecule has 0 amide bonds. The lowest BCUT2D eigenvalue weighted by Crippen LogP contribution is -2.18. The zero-order valence-corrected chi connectivity index (χ0v) is 19.5. The summed E-state index contributed by atoms with van der Waals surface area (Å²) in [5.41, 5.74) is 1.39. The first kappa shape index (κ1) is 23.6. The molecule has 0 aliphatic rings. The summed E-state index contributed by atoms with van der Waals surface area (Å²) in [6, 6.07) is 16.6. The maximum absolute atomic E-state index is 5.93. The minimum absolute atomic E-state index is 0.270. The SMILES string of the molecule is COc1ccc(SCCOC(C)Oc2ccc(C(CC(C)C)C(C)C)cc2)cc1. The molecule has 3 nitrogen and oxygen atoms in total. The van der Waals surface area contributed by atoms with Gasteiger partial charge in [0.2, 0.25) is 0 Å². The summed E-state index contributed by atoms with van der Waals surface area (Å²) in [5, 5.41) is 0. The third-order valence-electron chi connectivity index (χ3n) is 4.90. The molecule has 2 aromatic carbocycles. The molecule has 0 saturated carbocycles. The molecule has 160 valence electrons. The van der Waals surface area contributed by atoms with E-state index in [1.165, 1.54) is 16.9 Å². The van der Waals surface area contributed by atoms with Crippen molar-refractivity contribution in [1.29, 1.82) is 0 Å². The molecule has 0 radical (unpaired) electrons. The minimum Gasteiger partial charge on any atom is -0.497 e. The van der Waals surface area contributed by atoms with Crippen molar-refractivity contribution >= 4 is 11.8 Å². The molecule has 0 aliphatic carbocycles. The van der Waals surface area contributed by atoms with Gasteiger partial charge in [0, 0.05) is 10.6 Å². The number of methoxy groups -OCH3 is 1. The Kier molecular flexibility index (Phi) is 9.89. The number of thioether (sulfide) groups is 1. The van der Waals surface area contributed by atoms with Crippen molar-refractivity contribution < 1.29 is 14.2 Å². The van der Waals surface area contributed by atoms with E-state index in [9.17, 15) is 0 Å². The fourth-order valence-corrected chi connectivity index (χ4v) is 4.11. The lowest BCUT2D eigenvalue weighted by atomic mass is 9.82. The zero-order chi connectivity index (χ0) is 21.2. The number of rotatable bonds is 12. The van der Waals surface area contributed by atoms with Crippen molar-refractivity contribution in [2.75, 3.05) is 19.5 Å². The zero-order valence-electron chi connectivity index (χ0n) is 18.7. The van der Waals surface area contributed by atoms with Crippen LogP contribution in [0.1, 0.15) is 52.5 Å². The molecule has 0 fully saturated rings. The van der Waals surface area contributed by atoms with Crippen LogP contribution in [-0.2, 0) is 4.74 Å². The highest BCUT2D eigenvalue weighted by Gasteiger charge is 2.17. The summed E-state index contributed by atoms with van der Waals surface area (Å²) < 4.78 is 16.9. The number of hydrogen-bond donors (Lipinski definition) is 0. The summed E-state index contributed by atoms with van der Waals surface area (Å²) in [7, 11) is 1.68. The van der Waals surface area contributed by atoms with Crippen LogP contribution in [0.2, 0.25) is 0 Å². The first-order valence-electron chi connectivity index (χ1n) is 10.5. The van der Waals surface area contributed by atoms with Crippen molar-refractivity contribution in [2.24, 2.45) is 11.8 Å². The van der Waals surface area contributed by atoms with Crippen molar-refractivity contribution in [3.05, 3.63) is 54.1 Å². The highest BCUT2D eigenvalue weighted by atomic mass is 32.2. The molecule has 4 heteroatoms. The monoisotopic (exact) mass is 416 g/mol. The Bertz CT molecular complexity index is 695. The highest BCUT2D eigenvalue weighted by molar-refractivity contribution is 7.99. The molecule has 0 aliphatic heterocycles. The smallest absolute Gasteiger partial charge is 0.197 e. The summed E-state index contributed by atoms with van der Waals surface area (Å²) in [5.74, 6) is 4.54. The Morgan fingerprint density at radius 2 is 1.45 bits per heavy atom. The summed E-state index contributed by atoms with van der Waals surface area (Å²) in [4.78, 5) is 1.21. The van der Waals surface area contributed by atoms with E-state index in [0.717, 1.165) is 17.3 Å². The van der Waals surface area contributed by atoms with Gasteiger partial charge in [0.25, 0.3) is 0 Å². The molecule has 0 saturated heterocycles. The molecule has 0 bridgehead atoms. The summed E-state index contributed by atoms with van der Waals surface area (Å²) in [6.45, 7) is 11.8. The molecule has 0 heterocycles. The van der Waals surface area contributed by atoms with E-state index in [1.807, 2.05) is 19.1 Å². The van der Waals surface area contributed by atoms with E-state index in [4.69, 9.17) is 14.2 Å². The van der Waals surface area contributed by atoms with Crippen LogP contribution in [0.15, 0.2) is 53.4 Å². The Labute approximate surface area is 181 Å². The Balaban J connectivity index is 1.75. The molecule has 0 spiro atoms. The van der Waals surface area contributed by atoms with Crippen LogP contribution in [0.5, 0.6) is 11.5 Å². The van der Waals surface area contributed by atoms with E-state index < -0.39 is 0 Å². The second-order valence-electron chi connectivity index (χ2n) is 8.13. The van der Waals surface area contributed by atoms with Crippen molar-refractivity contribution in [1.82, 2.24) is 0 Å². The van der Waals surface area contributed by atoms with Gasteiger partial charge in [-0.2, -0.15) is 0 Å². The van der Waals surface area contributed by atoms with E-state index >= 15 is 0 Å². The summed E-state index contributed by atoms with van der Waals surface area (Å²) >= 11 is 1.76. The molecule has 2 unspecified atom stereocenters. The minimum atomic E-state index is -0.270. The Hall–Kier alpha value is -1.65. The van der Waals surface area contributed by atoms with E-state index in [2.05, 4.69) is 64.1 Å². The molecule has 0 N–H and O–H groups in total. The van der Waals surface area contributed by atoms with Gasteiger partial charge in [-0.15, -0.1) is 11.8 Å². The number of ether oxygens (including phenoxy) is 3. The second kappa shape index (κ2) is 12.1. The average Bonchev–Trinajstić information content (AvgIpc) is 2.70. The normalized spacial score (nSPS) is 13.5. The van der Waals surface area contributed by atoms with Crippen LogP contribution in [-0.4, -0.2) is 25.8 Å². The van der Waals surface area contributed by atoms with Gasteiger partial charge in [-0.1, -0.05) is 39.8 Å². The lowest BCUT2D eigenvalue weighted by molar-refractivity contribution is -0.0602. The maximum atomic E-state index is 5.93. The van der Waals surface area contributed by atoms with Crippen molar-refractivity contribution in [3.8, 4) is 11.5 Å². The molecular formula is C25H36O3S. The Morgan fingerprint density at radius 1 is 0.828 bits per heavy atom. The van der Waals surface area contributed by atoms with Crippen molar-refractivity contribution in [2.45, 2.75) is 58.1 Å². The average molecular weight is 417 g/mol. The molecule has 2 atom stereocenters. The second-order valence-corrected chi connectivity index (χ2v) is 9.30. The first-order valence-corrected chi connectivity index (χ1v) is 11.5. The molecular weight excluding hydrogens is 380 g/mol. The number of hydrogen-bond acceptors (Lipinski definition) is 4. The van der Waals surface area contributed by atoms with Gasteiger partial charge in [-0.25, -0.2) is 0 Å². The largest absolute Gasteiger partial charge is 0.497 e. The van der Waals surface area contributed by atoms with Crippen LogP contribution >= 0.6 is 11.8 Å². The lowest BCUT2D eigenvalue weighted by Gasteiger charge is -2.24. The van der Waals surface area contributed by atoms with Gasteiger partial charge in [-0.3, -0.25) is 0 Å². The van der Waals surface area contributed by atoms with E-state index in [1.54, 1.807) is 18.9 Å². The fourth-order valence-electron chi connectivity index (χ4n) is 3.37. The Morgan fingerprint density at radius 3 is 2.00 bits per heavy atom. The van der Waals surface area contributed by atoms with Crippen LogP contribution in [0.4, 0.5) is 0 Å². The predicted octanol–water partition coefficient (Wildman–Crippen LogP) is 7.01. The van der Waals surface area contributed by atoms with E-state index in [-0.39, 0.29) is 6.29 Å². The van der Waals surface area contributed by atoms with Gasteiger partial charge >= 0.3 is 0 Å². The topological polar surface area (TPSA) is 27.7 Å². The molecule has 29 heavy (non-hydrogen) atoms. The van der Waals surface area contributed by atoms with Gasteiger partial charge in [0.1, 0.15) is 11.5 Å². The fraction of sp³-hybridized carbons (Fsp3) is 0.520. The van der Waals surface area contributed by atoms with Crippen LogP contribution in [0.3, 0.4) is 0 Å². The van der Waals surface area contributed by atoms with Crippen LogP contribution < -0.4 is 9.47 Å². The van der Waals surface area contributed by atoms with Gasteiger partial charge in [0.15, 0.2) is 6.29 Å². The van der Waals surface area contributed by atoms with E-state index in [0.29, 0.717) is 24.4 Å². The first-order chi connectivity index (χ1) is 13.9. The maximum Gasteiger partial charge on any atom is 0.197 e. The third kappa shape index (κ3) is 8.31. The van der Waals surface area contributed by atoms with Gasteiger partial charge < -0.3 is 14.2 Å². The third-order valence-corrected chi connectivity index (χ3v) is 5.88.